The van der Waals surface area contributed by atoms with E-state index in [4.69, 9.17) is 0 Å². The van der Waals surface area contributed by atoms with Gasteiger partial charge in [0.15, 0.2) is 0 Å². The monoisotopic (exact) mass is 473 g/mol. The third kappa shape index (κ3) is 4.51. The first-order valence-electron chi connectivity index (χ1n) is 11.3. The van der Waals surface area contributed by atoms with Gasteiger partial charge in [0.2, 0.25) is 5.91 Å². The molecule has 34 heavy (non-hydrogen) atoms. The fourth-order valence-electron chi connectivity index (χ4n) is 4.76. The largest absolute Gasteiger partial charge is 0.416 e. The van der Waals surface area contributed by atoms with Gasteiger partial charge < -0.3 is 5.32 Å². The van der Waals surface area contributed by atoms with Crippen LogP contribution in [-0.4, -0.2) is 34.8 Å². The van der Waals surface area contributed by atoms with Crippen molar-refractivity contribution in [1.29, 1.82) is 0 Å². The molecule has 9 heteroatoms. The molecule has 6 nitrogen and oxygen atoms in total. The van der Waals surface area contributed by atoms with E-state index in [2.05, 4.69) is 5.32 Å². The predicted octanol–water partition coefficient (Wildman–Crippen LogP) is 4.80. The summed E-state index contributed by atoms with van der Waals surface area (Å²) in [6.45, 7) is 1.30. The van der Waals surface area contributed by atoms with Crippen LogP contribution in [0, 0.1) is 6.92 Å². The summed E-state index contributed by atoms with van der Waals surface area (Å²) in [5, 5.41) is 2.53. The van der Waals surface area contributed by atoms with E-state index in [0.717, 1.165) is 41.9 Å². The highest BCUT2D eigenvalue weighted by Gasteiger charge is 2.58. The molecule has 2 fully saturated rings. The number of hydrogen-bond donors (Lipinski definition) is 1. The maximum atomic E-state index is 13.5. The Kier molecular flexibility index (Phi) is 6.38. The van der Waals surface area contributed by atoms with Crippen molar-refractivity contribution in [2.24, 2.45) is 0 Å². The number of aryl methyl sites for hydroxylation is 1. The van der Waals surface area contributed by atoms with Crippen molar-refractivity contribution < 1.29 is 27.6 Å². The highest BCUT2D eigenvalue weighted by Crippen LogP contribution is 2.43. The molecular formula is C25H26F3N3O3. The molecule has 0 radical (unpaired) electrons. The Labute approximate surface area is 195 Å². The van der Waals surface area contributed by atoms with Gasteiger partial charge in [-0.1, -0.05) is 49.1 Å². The summed E-state index contributed by atoms with van der Waals surface area (Å²) in [4.78, 5) is 41.9. The summed E-state index contributed by atoms with van der Waals surface area (Å²) < 4.78 is 38.8. The quantitative estimate of drug-likeness (QED) is 0.635. The number of anilines is 1. The first-order valence-corrected chi connectivity index (χ1v) is 11.3. The van der Waals surface area contributed by atoms with Gasteiger partial charge in [-0.05, 0) is 49.6 Å². The smallest absolute Gasteiger partial charge is 0.350 e. The Balaban J connectivity index is 1.50. The number of urea groups is 1. The average Bonchev–Trinajstić information content (AvgIpc) is 3.00. The lowest BCUT2D eigenvalue weighted by Crippen LogP contribution is -2.51. The lowest BCUT2D eigenvalue weighted by Gasteiger charge is -2.38. The zero-order valence-corrected chi connectivity index (χ0v) is 18.8. The van der Waals surface area contributed by atoms with Crippen LogP contribution in [0.1, 0.15) is 48.8 Å². The van der Waals surface area contributed by atoms with E-state index in [1.54, 1.807) is 12.1 Å². The molecule has 0 unspecified atom stereocenters. The van der Waals surface area contributed by atoms with Crippen LogP contribution in [-0.2, 0) is 22.3 Å². The summed E-state index contributed by atoms with van der Waals surface area (Å²) >= 11 is 0. The second-order valence-corrected chi connectivity index (χ2v) is 8.91. The van der Waals surface area contributed by atoms with Crippen molar-refractivity contribution >= 4 is 23.5 Å². The normalized spacial score (nSPS) is 18.0. The van der Waals surface area contributed by atoms with E-state index in [1.165, 1.54) is 17.0 Å². The van der Waals surface area contributed by atoms with Gasteiger partial charge in [-0.2, -0.15) is 13.2 Å². The lowest BCUT2D eigenvalue weighted by atomic mass is 9.80. The van der Waals surface area contributed by atoms with Crippen LogP contribution >= 0.6 is 0 Å². The number of imide groups is 1. The highest BCUT2D eigenvalue weighted by molar-refractivity contribution is 6.18. The lowest BCUT2D eigenvalue weighted by molar-refractivity contribution is -0.137. The molecule has 0 atom stereocenters. The Morgan fingerprint density at radius 2 is 1.71 bits per heavy atom. The molecule has 1 N–H and O–H groups in total. The summed E-state index contributed by atoms with van der Waals surface area (Å²) in [6.07, 6.45) is -0.861. The van der Waals surface area contributed by atoms with Crippen LogP contribution < -0.4 is 10.2 Å². The Bertz CT molecular complexity index is 1090. The van der Waals surface area contributed by atoms with Gasteiger partial charge >= 0.3 is 12.2 Å². The zero-order valence-electron chi connectivity index (χ0n) is 18.8. The second kappa shape index (κ2) is 9.12. The maximum Gasteiger partial charge on any atom is 0.416 e. The van der Waals surface area contributed by atoms with Gasteiger partial charge in [-0.3, -0.25) is 19.4 Å². The Morgan fingerprint density at radius 3 is 2.35 bits per heavy atom. The minimum Gasteiger partial charge on any atom is -0.350 e. The molecule has 1 saturated carbocycles. The second-order valence-electron chi connectivity index (χ2n) is 8.91. The fourth-order valence-corrected chi connectivity index (χ4v) is 4.76. The summed E-state index contributed by atoms with van der Waals surface area (Å²) in [7, 11) is 0. The van der Waals surface area contributed by atoms with E-state index >= 15 is 0 Å². The van der Waals surface area contributed by atoms with Crippen LogP contribution in [0.5, 0.6) is 0 Å². The van der Waals surface area contributed by atoms with Crippen LogP contribution in [0.25, 0.3) is 0 Å². The van der Waals surface area contributed by atoms with Gasteiger partial charge in [0.1, 0.15) is 12.1 Å². The molecular weight excluding hydrogens is 447 g/mol. The first-order chi connectivity index (χ1) is 16.1. The van der Waals surface area contributed by atoms with Gasteiger partial charge in [0.25, 0.3) is 5.91 Å². The van der Waals surface area contributed by atoms with Gasteiger partial charge in [0, 0.05) is 12.2 Å². The minimum atomic E-state index is -4.48. The molecule has 0 aromatic heterocycles. The van der Waals surface area contributed by atoms with Crippen molar-refractivity contribution in [2.75, 3.05) is 11.4 Å². The molecule has 2 aliphatic rings. The third-order valence-corrected chi connectivity index (χ3v) is 6.51. The molecule has 1 heterocycles. The molecule has 0 bridgehead atoms. The number of hydrogen-bond acceptors (Lipinski definition) is 3. The molecule has 1 aliphatic heterocycles. The number of alkyl halides is 3. The number of rotatable bonds is 5. The standard InChI is InChI=1S/C25H26F3N3O3/c1-17-8-10-20(11-9-17)31-23(34)30(22(33)24(31)12-3-2-4-13-24)16-21(32)29-15-18-6-5-7-19(14-18)25(26,27)28/h5-11,14H,2-4,12-13,15-16H2,1H3,(H,29,32). The van der Waals surface area contributed by atoms with E-state index in [9.17, 15) is 27.6 Å². The van der Waals surface area contributed by atoms with E-state index < -0.39 is 41.7 Å². The molecule has 1 spiro atoms. The van der Waals surface area contributed by atoms with Crippen molar-refractivity contribution in [1.82, 2.24) is 10.2 Å². The van der Waals surface area contributed by atoms with E-state index in [0.29, 0.717) is 18.5 Å². The average molecular weight is 473 g/mol. The number of carbonyl (C=O) groups excluding carboxylic acids is 3. The molecule has 2 aromatic rings. The molecule has 1 aliphatic carbocycles. The first kappa shape index (κ1) is 23.8. The zero-order chi connectivity index (χ0) is 24.5. The molecule has 2 aromatic carbocycles. The van der Waals surface area contributed by atoms with Crippen LogP contribution in [0.3, 0.4) is 0 Å². The van der Waals surface area contributed by atoms with Crippen molar-refractivity contribution in [2.45, 2.75) is 57.3 Å². The van der Waals surface area contributed by atoms with Crippen LogP contribution in [0.4, 0.5) is 23.7 Å². The van der Waals surface area contributed by atoms with Gasteiger partial charge in [0.05, 0.1) is 5.56 Å². The summed E-state index contributed by atoms with van der Waals surface area (Å²) in [6, 6.07) is 11.4. The Morgan fingerprint density at radius 1 is 1.03 bits per heavy atom. The van der Waals surface area contributed by atoms with Crippen molar-refractivity contribution in [3.63, 3.8) is 0 Å². The number of benzene rings is 2. The Hall–Kier alpha value is -3.36. The minimum absolute atomic E-state index is 0.147. The van der Waals surface area contributed by atoms with Gasteiger partial charge in [-0.15, -0.1) is 0 Å². The SMILES string of the molecule is Cc1ccc(N2C(=O)N(CC(=O)NCc3cccc(C(F)(F)F)c3)C(=O)C23CCCCC3)cc1. The fraction of sp³-hybridized carbons (Fsp3) is 0.400. The van der Waals surface area contributed by atoms with Crippen molar-refractivity contribution in [3.8, 4) is 0 Å². The molecule has 1 saturated heterocycles. The molecule has 4 amide bonds. The number of carbonyl (C=O) groups is 3. The number of nitrogens with zero attached hydrogens (tertiary/aromatic N) is 2. The molecule has 4 rings (SSSR count). The number of halogens is 3. The van der Waals surface area contributed by atoms with E-state index in [1.807, 2.05) is 19.1 Å². The summed E-state index contributed by atoms with van der Waals surface area (Å²) in [5.74, 6) is -1.01. The van der Waals surface area contributed by atoms with Crippen molar-refractivity contribution in [3.05, 3.63) is 65.2 Å². The van der Waals surface area contributed by atoms with Crippen LogP contribution in [0.2, 0.25) is 0 Å². The number of nitrogens with one attached hydrogen (secondary N) is 1. The summed E-state index contributed by atoms with van der Waals surface area (Å²) in [5.41, 5.74) is 0.0821. The van der Waals surface area contributed by atoms with E-state index in [-0.39, 0.29) is 12.1 Å². The third-order valence-electron chi connectivity index (χ3n) is 6.51. The van der Waals surface area contributed by atoms with Gasteiger partial charge in [-0.25, -0.2) is 4.79 Å². The van der Waals surface area contributed by atoms with Crippen LogP contribution in [0.15, 0.2) is 48.5 Å². The molecule has 180 valence electrons. The topological polar surface area (TPSA) is 69.7 Å². The number of amides is 4. The highest BCUT2D eigenvalue weighted by atomic mass is 19.4. The predicted molar refractivity (Wildman–Crippen MR) is 120 cm³/mol. The maximum absolute atomic E-state index is 13.5.